The SMILES string of the molecule is CCOc1ccc(S(=O)(=O)Nc2ccc(C(=O)N/N=C/c3c(C)[nH]c4ccccc34)cc2)cc1. The van der Waals surface area contributed by atoms with Crippen LogP contribution in [0.1, 0.15) is 28.5 Å². The summed E-state index contributed by atoms with van der Waals surface area (Å²) in [5, 5.41) is 5.09. The van der Waals surface area contributed by atoms with Crippen molar-refractivity contribution >= 4 is 38.7 Å². The molecule has 174 valence electrons. The van der Waals surface area contributed by atoms with Crippen LogP contribution in [0.2, 0.25) is 0 Å². The molecule has 3 aromatic carbocycles. The van der Waals surface area contributed by atoms with Crippen LogP contribution in [-0.4, -0.2) is 32.1 Å². The number of aromatic nitrogens is 1. The molecule has 0 unspecified atom stereocenters. The molecule has 0 bridgehead atoms. The highest BCUT2D eigenvalue weighted by atomic mass is 32.2. The molecule has 0 aliphatic heterocycles. The van der Waals surface area contributed by atoms with Gasteiger partial charge in [0.2, 0.25) is 0 Å². The number of carbonyl (C=O) groups is 1. The van der Waals surface area contributed by atoms with Crippen molar-refractivity contribution in [2.75, 3.05) is 11.3 Å². The van der Waals surface area contributed by atoms with Gasteiger partial charge in [0.1, 0.15) is 5.75 Å². The number of hydrazone groups is 1. The highest BCUT2D eigenvalue weighted by molar-refractivity contribution is 7.92. The minimum absolute atomic E-state index is 0.111. The van der Waals surface area contributed by atoms with Gasteiger partial charge in [0.25, 0.3) is 15.9 Å². The normalized spacial score (nSPS) is 11.6. The highest BCUT2D eigenvalue weighted by Crippen LogP contribution is 2.21. The molecule has 4 rings (SSSR count). The monoisotopic (exact) mass is 476 g/mol. The molecule has 0 radical (unpaired) electrons. The van der Waals surface area contributed by atoms with Gasteiger partial charge in [-0.15, -0.1) is 0 Å². The molecular formula is C25H24N4O4S. The molecule has 0 aliphatic carbocycles. The molecule has 0 saturated carbocycles. The van der Waals surface area contributed by atoms with Crippen LogP contribution in [0.25, 0.3) is 10.9 Å². The Bertz CT molecular complexity index is 1440. The number of hydrogen-bond donors (Lipinski definition) is 3. The molecule has 1 amide bonds. The third-order valence-electron chi connectivity index (χ3n) is 5.15. The Balaban J connectivity index is 1.40. The summed E-state index contributed by atoms with van der Waals surface area (Å²) in [6.07, 6.45) is 1.60. The standard InChI is InChI=1S/C25H24N4O4S/c1-3-33-20-12-14-21(15-13-20)34(31,32)29-19-10-8-18(9-11-19)25(30)28-26-16-23-17(2)27-24-7-5-4-6-22(23)24/h4-16,27,29H,3H2,1-2H3,(H,28,30)/b26-16+. The number of aryl methyl sites for hydroxylation is 1. The van der Waals surface area contributed by atoms with Gasteiger partial charge < -0.3 is 9.72 Å². The van der Waals surface area contributed by atoms with E-state index in [1.165, 1.54) is 36.4 Å². The van der Waals surface area contributed by atoms with Gasteiger partial charge in [0.15, 0.2) is 0 Å². The van der Waals surface area contributed by atoms with E-state index in [1.54, 1.807) is 18.3 Å². The van der Waals surface area contributed by atoms with Gasteiger partial charge in [-0.3, -0.25) is 9.52 Å². The summed E-state index contributed by atoms with van der Waals surface area (Å²) >= 11 is 0. The van der Waals surface area contributed by atoms with Crippen molar-refractivity contribution in [3.8, 4) is 5.75 Å². The van der Waals surface area contributed by atoms with Crippen molar-refractivity contribution in [2.45, 2.75) is 18.7 Å². The second-order valence-corrected chi connectivity index (χ2v) is 9.18. The minimum Gasteiger partial charge on any atom is -0.494 e. The molecule has 3 N–H and O–H groups in total. The Morgan fingerprint density at radius 1 is 1.03 bits per heavy atom. The fourth-order valence-electron chi connectivity index (χ4n) is 3.47. The second-order valence-electron chi connectivity index (χ2n) is 7.50. The summed E-state index contributed by atoms with van der Waals surface area (Å²) in [6.45, 7) is 4.29. The van der Waals surface area contributed by atoms with Crippen molar-refractivity contribution < 1.29 is 17.9 Å². The molecule has 34 heavy (non-hydrogen) atoms. The Kier molecular flexibility index (Phi) is 6.65. The fourth-order valence-corrected chi connectivity index (χ4v) is 4.53. The number of hydrogen-bond acceptors (Lipinski definition) is 5. The maximum Gasteiger partial charge on any atom is 0.271 e. The predicted octanol–water partition coefficient (Wildman–Crippen LogP) is 4.44. The molecule has 0 atom stereocenters. The first-order chi connectivity index (χ1) is 16.4. The topological polar surface area (TPSA) is 113 Å². The van der Waals surface area contributed by atoms with Crippen molar-refractivity contribution in [3.63, 3.8) is 0 Å². The van der Waals surface area contributed by atoms with Gasteiger partial charge in [-0.05, 0) is 68.4 Å². The first-order valence-electron chi connectivity index (χ1n) is 10.6. The third kappa shape index (κ3) is 5.10. The van der Waals surface area contributed by atoms with E-state index in [0.29, 0.717) is 23.6 Å². The number of ether oxygens (including phenoxy) is 1. The van der Waals surface area contributed by atoms with Crippen molar-refractivity contribution in [1.29, 1.82) is 0 Å². The van der Waals surface area contributed by atoms with E-state index < -0.39 is 15.9 Å². The molecule has 1 heterocycles. The number of fused-ring (bicyclic) bond motifs is 1. The summed E-state index contributed by atoms with van der Waals surface area (Å²) < 4.78 is 33.1. The zero-order chi connectivity index (χ0) is 24.1. The number of anilines is 1. The number of sulfonamides is 1. The van der Waals surface area contributed by atoms with Gasteiger partial charge >= 0.3 is 0 Å². The fraction of sp³-hybridized carbons (Fsp3) is 0.120. The summed E-state index contributed by atoms with van der Waals surface area (Å²) in [5.74, 6) is 0.189. The van der Waals surface area contributed by atoms with Crippen LogP contribution in [0.3, 0.4) is 0 Å². The van der Waals surface area contributed by atoms with Crippen molar-refractivity contribution in [3.05, 3.63) is 89.6 Å². The van der Waals surface area contributed by atoms with Crippen LogP contribution in [0.15, 0.2) is 82.8 Å². The third-order valence-corrected chi connectivity index (χ3v) is 6.54. The van der Waals surface area contributed by atoms with Crippen molar-refractivity contribution in [1.82, 2.24) is 10.4 Å². The van der Waals surface area contributed by atoms with E-state index >= 15 is 0 Å². The number of nitrogens with one attached hydrogen (secondary N) is 3. The van der Waals surface area contributed by atoms with E-state index in [2.05, 4.69) is 20.2 Å². The molecule has 0 aliphatic rings. The number of aromatic amines is 1. The van der Waals surface area contributed by atoms with Crippen LogP contribution in [-0.2, 0) is 10.0 Å². The Hall–Kier alpha value is -4.11. The van der Waals surface area contributed by atoms with Gasteiger partial charge in [-0.1, -0.05) is 18.2 Å². The first kappa shape index (κ1) is 23.1. The average molecular weight is 477 g/mol. The van der Waals surface area contributed by atoms with E-state index in [4.69, 9.17) is 4.74 Å². The second kappa shape index (κ2) is 9.80. The maximum absolute atomic E-state index is 12.6. The summed E-state index contributed by atoms with van der Waals surface area (Å²) in [5.41, 5.74) is 6.03. The molecule has 8 nitrogen and oxygen atoms in total. The average Bonchev–Trinajstić information content (AvgIpc) is 3.15. The highest BCUT2D eigenvalue weighted by Gasteiger charge is 2.15. The van der Waals surface area contributed by atoms with E-state index in [0.717, 1.165) is 22.2 Å². The Morgan fingerprint density at radius 2 is 1.74 bits per heavy atom. The number of nitrogens with zero attached hydrogens (tertiary/aromatic N) is 1. The Labute approximate surface area is 197 Å². The largest absolute Gasteiger partial charge is 0.494 e. The molecule has 1 aromatic heterocycles. The number of benzene rings is 3. The van der Waals surface area contributed by atoms with Crippen molar-refractivity contribution in [2.24, 2.45) is 5.10 Å². The number of H-pyrrole nitrogens is 1. The summed E-state index contributed by atoms with van der Waals surface area (Å²) in [4.78, 5) is 15.8. The molecule has 0 saturated heterocycles. The number of carbonyl (C=O) groups excluding carboxylic acids is 1. The molecule has 9 heteroatoms. The van der Waals surface area contributed by atoms with E-state index in [-0.39, 0.29) is 4.90 Å². The van der Waals surface area contributed by atoms with Gasteiger partial charge in [0.05, 0.1) is 17.7 Å². The van der Waals surface area contributed by atoms with Crippen LogP contribution in [0, 0.1) is 6.92 Å². The zero-order valence-electron chi connectivity index (χ0n) is 18.7. The first-order valence-corrected chi connectivity index (χ1v) is 12.1. The lowest BCUT2D eigenvalue weighted by molar-refractivity contribution is 0.0955. The molecule has 0 spiro atoms. The van der Waals surface area contributed by atoms with Gasteiger partial charge in [0, 0.05) is 33.4 Å². The lowest BCUT2D eigenvalue weighted by atomic mass is 10.1. The van der Waals surface area contributed by atoms with Crippen LogP contribution in [0.5, 0.6) is 5.75 Å². The molecular weight excluding hydrogens is 452 g/mol. The van der Waals surface area contributed by atoms with Gasteiger partial charge in [-0.2, -0.15) is 5.10 Å². The number of para-hydroxylation sites is 1. The van der Waals surface area contributed by atoms with Crippen LogP contribution in [0.4, 0.5) is 5.69 Å². The zero-order valence-corrected chi connectivity index (χ0v) is 19.5. The molecule has 0 fully saturated rings. The number of amides is 1. The predicted molar refractivity (Wildman–Crippen MR) is 133 cm³/mol. The lowest BCUT2D eigenvalue weighted by Gasteiger charge is -2.09. The van der Waals surface area contributed by atoms with E-state index in [1.807, 2.05) is 38.1 Å². The summed E-state index contributed by atoms with van der Waals surface area (Å²) in [7, 11) is -3.77. The maximum atomic E-state index is 12.6. The van der Waals surface area contributed by atoms with E-state index in [9.17, 15) is 13.2 Å². The van der Waals surface area contributed by atoms with Gasteiger partial charge in [-0.25, -0.2) is 13.8 Å². The quantitative estimate of drug-likeness (QED) is 0.258. The summed E-state index contributed by atoms with van der Waals surface area (Å²) in [6, 6.07) is 20.1. The molecule has 4 aromatic rings. The number of rotatable bonds is 8. The lowest BCUT2D eigenvalue weighted by Crippen LogP contribution is -2.18. The van der Waals surface area contributed by atoms with Crippen LogP contribution >= 0.6 is 0 Å². The van der Waals surface area contributed by atoms with Crippen LogP contribution < -0.4 is 14.9 Å². The Morgan fingerprint density at radius 3 is 2.44 bits per heavy atom. The smallest absolute Gasteiger partial charge is 0.271 e. The minimum atomic E-state index is -3.77.